The fraction of sp³-hybridized carbons (Fsp3) is 0.579. The van der Waals surface area contributed by atoms with Crippen molar-refractivity contribution in [1.82, 2.24) is 30.1 Å². The molecule has 1 aliphatic heterocycles. The summed E-state index contributed by atoms with van der Waals surface area (Å²) in [5.74, 6) is -0.0986. The predicted molar refractivity (Wildman–Crippen MR) is 103 cm³/mol. The van der Waals surface area contributed by atoms with E-state index in [-0.39, 0.29) is 23.9 Å². The first-order valence-corrected chi connectivity index (χ1v) is 9.36. The Morgan fingerprint density at radius 1 is 1.22 bits per heavy atom. The monoisotopic (exact) mass is 372 g/mol. The zero-order chi connectivity index (χ0) is 19.7. The Morgan fingerprint density at radius 2 is 1.93 bits per heavy atom. The molecule has 0 aromatic carbocycles. The van der Waals surface area contributed by atoms with Crippen molar-refractivity contribution in [3.63, 3.8) is 0 Å². The van der Waals surface area contributed by atoms with Gasteiger partial charge in [-0.25, -0.2) is 9.50 Å². The molecule has 0 bridgehead atoms. The lowest BCUT2D eigenvalue weighted by atomic mass is 10.1. The second-order valence-electron chi connectivity index (χ2n) is 7.37. The van der Waals surface area contributed by atoms with Crippen molar-refractivity contribution in [2.24, 2.45) is 0 Å². The molecule has 2 N–H and O–H groups in total. The molecule has 0 radical (unpaired) electrons. The van der Waals surface area contributed by atoms with Gasteiger partial charge in [0.25, 0.3) is 5.91 Å². The number of amides is 2. The first-order chi connectivity index (χ1) is 12.8. The van der Waals surface area contributed by atoms with E-state index in [9.17, 15) is 9.59 Å². The molecule has 1 aliphatic rings. The molecule has 3 heterocycles. The Bertz CT molecular complexity index is 875. The summed E-state index contributed by atoms with van der Waals surface area (Å²) in [5, 5.41) is 10.2. The van der Waals surface area contributed by atoms with Crippen LogP contribution >= 0.6 is 0 Å². The van der Waals surface area contributed by atoms with Gasteiger partial charge in [0.15, 0.2) is 5.65 Å². The van der Waals surface area contributed by atoms with Gasteiger partial charge < -0.3 is 10.6 Å². The second kappa shape index (κ2) is 7.64. The maximum atomic E-state index is 12.8. The van der Waals surface area contributed by atoms with Crippen LogP contribution in [0.1, 0.15) is 46.7 Å². The lowest BCUT2D eigenvalue weighted by molar-refractivity contribution is -0.121. The summed E-state index contributed by atoms with van der Waals surface area (Å²) in [6.07, 6.45) is 2.41. The zero-order valence-corrected chi connectivity index (χ0v) is 16.7. The van der Waals surface area contributed by atoms with Crippen LogP contribution in [-0.4, -0.2) is 64.0 Å². The van der Waals surface area contributed by atoms with Gasteiger partial charge in [-0.1, -0.05) is 0 Å². The van der Waals surface area contributed by atoms with Crippen LogP contribution in [0.3, 0.4) is 0 Å². The Labute approximate surface area is 159 Å². The molecule has 1 fully saturated rings. The van der Waals surface area contributed by atoms with E-state index in [4.69, 9.17) is 0 Å². The molecule has 0 saturated carbocycles. The number of carbonyl (C=O) groups excluding carboxylic acids is 2. The van der Waals surface area contributed by atoms with Crippen molar-refractivity contribution in [2.45, 2.75) is 52.1 Å². The Hall–Kier alpha value is -2.48. The molecule has 0 spiro atoms. The first kappa shape index (κ1) is 19.3. The van der Waals surface area contributed by atoms with Crippen LogP contribution in [0.2, 0.25) is 0 Å². The van der Waals surface area contributed by atoms with Gasteiger partial charge in [-0.05, 0) is 46.7 Å². The zero-order valence-electron chi connectivity index (χ0n) is 16.7. The molecule has 8 nitrogen and oxygen atoms in total. The van der Waals surface area contributed by atoms with Crippen LogP contribution < -0.4 is 10.6 Å². The summed E-state index contributed by atoms with van der Waals surface area (Å²) >= 11 is 0. The molecule has 2 amide bonds. The first-order valence-electron chi connectivity index (χ1n) is 9.36. The minimum absolute atomic E-state index is 0.0512. The molecule has 0 aliphatic carbocycles. The van der Waals surface area contributed by atoms with E-state index in [1.807, 2.05) is 33.9 Å². The number of hydrogen-bond acceptors (Lipinski definition) is 5. The Morgan fingerprint density at radius 3 is 2.63 bits per heavy atom. The van der Waals surface area contributed by atoms with Gasteiger partial charge in [0.2, 0.25) is 5.91 Å². The third kappa shape index (κ3) is 3.80. The van der Waals surface area contributed by atoms with Crippen molar-refractivity contribution < 1.29 is 9.59 Å². The molecule has 2 aromatic rings. The van der Waals surface area contributed by atoms with Crippen molar-refractivity contribution >= 4 is 17.5 Å². The number of aromatic nitrogens is 3. The topological polar surface area (TPSA) is 91.6 Å². The maximum absolute atomic E-state index is 12.8. The van der Waals surface area contributed by atoms with Crippen LogP contribution in [0.15, 0.2) is 6.07 Å². The number of likely N-dealkylation sites (N-methyl/N-ethyl adjacent to an activating group) is 1. The highest BCUT2D eigenvalue weighted by Crippen LogP contribution is 2.24. The third-order valence-electron chi connectivity index (χ3n) is 5.48. The van der Waals surface area contributed by atoms with E-state index < -0.39 is 0 Å². The maximum Gasteiger partial charge on any atom is 0.257 e. The summed E-state index contributed by atoms with van der Waals surface area (Å²) in [5.41, 5.74) is 3.61. The average Bonchev–Trinajstić information content (AvgIpc) is 3.13. The summed E-state index contributed by atoms with van der Waals surface area (Å²) in [6.45, 7) is 6.24. The van der Waals surface area contributed by atoms with Crippen molar-refractivity contribution in [3.8, 4) is 0 Å². The molecular formula is C19H28N6O2. The number of rotatable bonds is 5. The van der Waals surface area contributed by atoms with Gasteiger partial charge >= 0.3 is 0 Å². The van der Waals surface area contributed by atoms with E-state index in [1.165, 1.54) is 0 Å². The highest BCUT2D eigenvalue weighted by atomic mass is 16.2. The Balaban J connectivity index is 1.69. The lowest BCUT2D eigenvalue weighted by Gasteiger charge is -2.25. The predicted octanol–water partition coefficient (Wildman–Crippen LogP) is 0.983. The quantitative estimate of drug-likeness (QED) is 0.816. The lowest BCUT2D eigenvalue weighted by Crippen LogP contribution is -2.42. The van der Waals surface area contributed by atoms with Crippen LogP contribution in [-0.2, 0) is 4.79 Å². The van der Waals surface area contributed by atoms with Gasteiger partial charge in [0.05, 0.1) is 5.69 Å². The smallest absolute Gasteiger partial charge is 0.257 e. The van der Waals surface area contributed by atoms with Crippen LogP contribution in [0.5, 0.6) is 0 Å². The SMILES string of the molecule is CNC(=O)C[C@H]1CC[C@@H](CNC(=O)c2c(C)nn3c(C)cc(C)nc23)N1C. The summed E-state index contributed by atoms with van der Waals surface area (Å²) in [6, 6.07) is 2.39. The minimum atomic E-state index is -0.150. The highest BCUT2D eigenvalue weighted by molar-refractivity contribution is 6.01. The molecule has 27 heavy (non-hydrogen) atoms. The Kier molecular flexibility index (Phi) is 5.46. The normalized spacial score (nSPS) is 20.2. The fourth-order valence-electron chi connectivity index (χ4n) is 3.89. The van der Waals surface area contributed by atoms with Crippen LogP contribution in [0, 0.1) is 20.8 Å². The third-order valence-corrected chi connectivity index (χ3v) is 5.48. The number of fused-ring (bicyclic) bond motifs is 1. The van der Waals surface area contributed by atoms with E-state index in [0.717, 1.165) is 24.2 Å². The highest BCUT2D eigenvalue weighted by Gasteiger charge is 2.32. The van der Waals surface area contributed by atoms with Gasteiger partial charge in [-0.3, -0.25) is 14.5 Å². The number of aryl methyl sites for hydroxylation is 3. The summed E-state index contributed by atoms with van der Waals surface area (Å²) < 4.78 is 1.72. The molecule has 2 atom stereocenters. The molecule has 1 saturated heterocycles. The van der Waals surface area contributed by atoms with Gasteiger partial charge in [-0.15, -0.1) is 0 Å². The van der Waals surface area contributed by atoms with Gasteiger partial charge in [0, 0.05) is 43.5 Å². The van der Waals surface area contributed by atoms with E-state index in [0.29, 0.717) is 29.9 Å². The van der Waals surface area contributed by atoms with Crippen LogP contribution in [0.4, 0.5) is 0 Å². The molecule has 0 unspecified atom stereocenters. The van der Waals surface area contributed by atoms with E-state index in [1.54, 1.807) is 11.6 Å². The largest absolute Gasteiger partial charge is 0.359 e. The number of carbonyl (C=O) groups is 2. The number of hydrogen-bond donors (Lipinski definition) is 2. The molecule has 146 valence electrons. The summed E-state index contributed by atoms with van der Waals surface area (Å²) in [4.78, 5) is 31.2. The summed E-state index contributed by atoms with van der Waals surface area (Å²) in [7, 11) is 3.68. The van der Waals surface area contributed by atoms with Gasteiger partial charge in [0.1, 0.15) is 5.56 Å². The fourth-order valence-corrected chi connectivity index (χ4v) is 3.89. The minimum Gasteiger partial charge on any atom is -0.359 e. The molecular weight excluding hydrogens is 344 g/mol. The average molecular weight is 372 g/mol. The number of nitrogens with zero attached hydrogens (tertiary/aromatic N) is 4. The van der Waals surface area contributed by atoms with Crippen LogP contribution in [0.25, 0.3) is 5.65 Å². The second-order valence-corrected chi connectivity index (χ2v) is 7.37. The van der Waals surface area contributed by atoms with Crippen molar-refractivity contribution in [1.29, 1.82) is 0 Å². The van der Waals surface area contributed by atoms with Crippen molar-refractivity contribution in [3.05, 3.63) is 28.7 Å². The number of nitrogens with one attached hydrogen (secondary N) is 2. The van der Waals surface area contributed by atoms with E-state index >= 15 is 0 Å². The molecule has 3 rings (SSSR count). The standard InChI is InChI=1S/C19H28N6O2/c1-11-8-12(2)25-18(22-11)17(13(3)23-25)19(27)21-10-15-7-6-14(24(15)5)9-16(26)20-4/h8,14-15H,6-7,9-10H2,1-5H3,(H,20,26)(H,21,27)/t14-,15+/m1/s1. The van der Waals surface area contributed by atoms with Gasteiger partial charge in [-0.2, -0.15) is 5.10 Å². The molecule has 2 aromatic heterocycles. The van der Waals surface area contributed by atoms with E-state index in [2.05, 4.69) is 25.6 Å². The molecule has 8 heteroatoms. The number of likely N-dealkylation sites (tertiary alicyclic amines) is 1. The van der Waals surface area contributed by atoms with Crippen molar-refractivity contribution in [2.75, 3.05) is 20.6 Å².